The quantitative estimate of drug-likeness (QED) is 0.792. The van der Waals surface area contributed by atoms with Gasteiger partial charge in [-0.3, -0.25) is 14.7 Å². The number of carboxylic acids is 1. The van der Waals surface area contributed by atoms with E-state index in [1.165, 1.54) is 0 Å². The monoisotopic (exact) mass is 357 g/mol. The van der Waals surface area contributed by atoms with Crippen LogP contribution in [0.3, 0.4) is 0 Å². The van der Waals surface area contributed by atoms with E-state index in [4.69, 9.17) is 9.84 Å². The lowest BCUT2D eigenvalue weighted by molar-refractivity contribution is -0.136. The normalized spacial score (nSPS) is 15.0. The summed E-state index contributed by atoms with van der Waals surface area (Å²) < 4.78 is 5.58. The fraction of sp³-hybridized carbons (Fsp3) is 0.421. The average molecular weight is 357 g/mol. The molecule has 26 heavy (non-hydrogen) atoms. The molecule has 1 fully saturated rings. The van der Waals surface area contributed by atoms with E-state index in [0.29, 0.717) is 31.8 Å². The summed E-state index contributed by atoms with van der Waals surface area (Å²) in [4.78, 5) is 24.9. The Labute approximate surface area is 152 Å². The van der Waals surface area contributed by atoms with Gasteiger partial charge >= 0.3 is 5.97 Å². The highest BCUT2D eigenvalue weighted by Crippen LogP contribution is 2.27. The topological polar surface area (TPSA) is 95.5 Å². The van der Waals surface area contributed by atoms with Crippen LogP contribution in [0.4, 0.5) is 0 Å². The van der Waals surface area contributed by atoms with Gasteiger partial charge in [-0.05, 0) is 31.0 Å². The lowest BCUT2D eigenvalue weighted by Crippen LogP contribution is -2.38. The van der Waals surface area contributed by atoms with Crippen LogP contribution in [-0.2, 0) is 16.0 Å². The molecule has 2 heterocycles. The molecule has 1 aromatic heterocycles. The molecule has 3 rings (SSSR count). The predicted octanol–water partition coefficient (Wildman–Crippen LogP) is 2.21. The van der Waals surface area contributed by atoms with Crippen molar-refractivity contribution in [2.45, 2.75) is 31.6 Å². The highest BCUT2D eigenvalue weighted by molar-refractivity contribution is 5.76. The lowest BCUT2D eigenvalue weighted by Gasteiger charge is -2.31. The maximum absolute atomic E-state index is 12.3. The maximum Gasteiger partial charge on any atom is 0.309 e. The molecular formula is C19H23N3O4. The van der Waals surface area contributed by atoms with Crippen molar-refractivity contribution in [3.8, 4) is 5.75 Å². The van der Waals surface area contributed by atoms with Gasteiger partial charge in [0.2, 0.25) is 5.91 Å². The molecule has 0 radical (unpaired) electrons. The van der Waals surface area contributed by atoms with Crippen LogP contribution in [0.1, 0.15) is 36.6 Å². The number of nitrogens with zero attached hydrogens (tertiary/aromatic N) is 2. The average Bonchev–Trinajstić information content (AvgIpc) is 3.10. The SMILES string of the molecule is O=C(O)Cc1cc(C2CCN(C(=O)CCOc3ccccc3)CC2)n[nH]1. The summed E-state index contributed by atoms with van der Waals surface area (Å²) in [5.74, 6) is 0.263. The first-order chi connectivity index (χ1) is 12.6. The number of hydrogen-bond acceptors (Lipinski definition) is 4. The van der Waals surface area contributed by atoms with Crippen molar-refractivity contribution in [1.29, 1.82) is 0 Å². The number of carbonyl (C=O) groups excluding carboxylic acids is 1. The zero-order valence-corrected chi connectivity index (χ0v) is 14.6. The van der Waals surface area contributed by atoms with Crippen molar-refractivity contribution in [1.82, 2.24) is 15.1 Å². The number of piperidine rings is 1. The zero-order valence-electron chi connectivity index (χ0n) is 14.6. The number of para-hydroxylation sites is 1. The van der Waals surface area contributed by atoms with Gasteiger partial charge in [0.1, 0.15) is 5.75 Å². The molecule has 0 unspecified atom stereocenters. The summed E-state index contributed by atoms with van der Waals surface area (Å²) in [7, 11) is 0. The second kappa shape index (κ2) is 8.51. The molecule has 138 valence electrons. The van der Waals surface area contributed by atoms with Gasteiger partial charge in [-0.2, -0.15) is 5.10 Å². The van der Waals surface area contributed by atoms with E-state index in [2.05, 4.69) is 10.2 Å². The molecule has 1 aliphatic rings. The van der Waals surface area contributed by atoms with Crippen LogP contribution in [0, 0.1) is 0 Å². The number of aromatic amines is 1. The first kappa shape index (κ1) is 18.0. The molecule has 0 aliphatic carbocycles. The van der Waals surface area contributed by atoms with Gasteiger partial charge in [0.15, 0.2) is 0 Å². The molecule has 2 aromatic rings. The smallest absolute Gasteiger partial charge is 0.309 e. The number of likely N-dealkylation sites (tertiary alicyclic amines) is 1. The van der Waals surface area contributed by atoms with Crippen molar-refractivity contribution in [2.75, 3.05) is 19.7 Å². The number of carboxylic acid groups (broad SMARTS) is 1. The van der Waals surface area contributed by atoms with Crippen molar-refractivity contribution < 1.29 is 19.4 Å². The minimum Gasteiger partial charge on any atom is -0.493 e. The van der Waals surface area contributed by atoms with E-state index in [-0.39, 0.29) is 18.2 Å². The summed E-state index contributed by atoms with van der Waals surface area (Å²) in [5, 5.41) is 15.8. The second-order valence-corrected chi connectivity index (χ2v) is 6.46. The summed E-state index contributed by atoms with van der Waals surface area (Å²) >= 11 is 0. The molecule has 0 spiro atoms. The number of aromatic nitrogens is 2. The van der Waals surface area contributed by atoms with Crippen LogP contribution in [0.5, 0.6) is 5.75 Å². The first-order valence-corrected chi connectivity index (χ1v) is 8.83. The van der Waals surface area contributed by atoms with Crippen LogP contribution < -0.4 is 4.74 Å². The van der Waals surface area contributed by atoms with Crippen LogP contribution in [-0.4, -0.2) is 51.8 Å². The molecule has 7 nitrogen and oxygen atoms in total. The molecule has 2 N–H and O–H groups in total. The third-order valence-electron chi connectivity index (χ3n) is 4.59. The van der Waals surface area contributed by atoms with Gasteiger partial charge in [-0.1, -0.05) is 18.2 Å². The highest BCUT2D eigenvalue weighted by atomic mass is 16.5. The third-order valence-corrected chi connectivity index (χ3v) is 4.59. The molecule has 1 aromatic carbocycles. The van der Waals surface area contributed by atoms with Gasteiger partial charge < -0.3 is 14.7 Å². The Morgan fingerprint density at radius 1 is 1.23 bits per heavy atom. The first-order valence-electron chi connectivity index (χ1n) is 8.83. The Bertz CT molecular complexity index is 736. The number of aliphatic carboxylic acids is 1. The van der Waals surface area contributed by atoms with Crippen molar-refractivity contribution in [3.05, 3.63) is 47.8 Å². The van der Waals surface area contributed by atoms with Crippen LogP contribution in [0.25, 0.3) is 0 Å². The molecule has 7 heteroatoms. The lowest BCUT2D eigenvalue weighted by atomic mass is 9.93. The largest absolute Gasteiger partial charge is 0.493 e. The summed E-state index contributed by atoms with van der Waals surface area (Å²) in [6, 6.07) is 11.3. The number of benzene rings is 1. The number of amides is 1. The molecule has 0 saturated carbocycles. The fourth-order valence-corrected chi connectivity index (χ4v) is 3.20. The summed E-state index contributed by atoms with van der Waals surface area (Å²) in [6.45, 7) is 1.76. The van der Waals surface area contributed by atoms with Crippen LogP contribution >= 0.6 is 0 Å². The van der Waals surface area contributed by atoms with E-state index >= 15 is 0 Å². The Balaban J connectivity index is 1.42. The van der Waals surface area contributed by atoms with E-state index in [9.17, 15) is 9.59 Å². The number of carbonyl (C=O) groups is 2. The number of hydrogen-bond donors (Lipinski definition) is 2. The number of ether oxygens (including phenoxy) is 1. The minimum absolute atomic E-state index is 0.0499. The third kappa shape index (κ3) is 4.84. The van der Waals surface area contributed by atoms with Gasteiger partial charge in [-0.15, -0.1) is 0 Å². The van der Waals surface area contributed by atoms with E-state index in [0.717, 1.165) is 24.3 Å². The Hall–Kier alpha value is -2.83. The van der Waals surface area contributed by atoms with Gasteiger partial charge in [0.05, 0.1) is 25.1 Å². The fourth-order valence-electron chi connectivity index (χ4n) is 3.20. The summed E-state index contributed by atoms with van der Waals surface area (Å²) in [5.41, 5.74) is 1.50. The van der Waals surface area contributed by atoms with Gasteiger partial charge in [-0.25, -0.2) is 0 Å². The Morgan fingerprint density at radius 2 is 1.96 bits per heavy atom. The Kier molecular flexibility index (Phi) is 5.88. The Morgan fingerprint density at radius 3 is 2.65 bits per heavy atom. The number of nitrogens with one attached hydrogen (secondary N) is 1. The van der Waals surface area contributed by atoms with Crippen LogP contribution in [0.15, 0.2) is 36.4 Å². The van der Waals surface area contributed by atoms with Crippen LogP contribution in [0.2, 0.25) is 0 Å². The van der Waals surface area contributed by atoms with E-state index in [1.54, 1.807) is 0 Å². The standard InChI is InChI=1S/C19H23N3O4/c23-18(8-11-26-16-4-2-1-3-5-16)22-9-6-14(7-10-22)17-12-15(20-21-17)13-19(24)25/h1-5,12,14H,6-11,13H2,(H,20,21)(H,24,25). The maximum atomic E-state index is 12.3. The second-order valence-electron chi connectivity index (χ2n) is 6.46. The van der Waals surface area contributed by atoms with E-state index < -0.39 is 5.97 Å². The van der Waals surface area contributed by atoms with E-state index in [1.807, 2.05) is 41.3 Å². The van der Waals surface area contributed by atoms with Gasteiger partial charge in [0.25, 0.3) is 0 Å². The van der Waals surface area contributed by atoms with Crippen molar-refractivity contribution in [3.63, 3.8) is 0 Å². The molecule has 1 aliphatic heterocycles. The molecule has 1 saturated heterocycles. The predicted molar refractivity (Wildman–Crippen MR) is 95.0 cm³/mol. The number of rotatable bonds is 7. The van der Waals surface area contributed by atoms with Crippen molar-refractivity contribution in [2.24, 2.45) is 0 Å². The minimum atomic E-state index is -0.877. The highest BCUT2D eigenvalue weighted by Gasteiger charge is 2.25. The summed E-state index contributed by atoms with van der Waals surface area (Å²) in [6.07, 6.45) is 1.99. The molecular weight excluding hydrogens is 334 g/mol. The number of H-pyrrole nitrogens is 1. The van der Waals surface area contributed by atoms with Gasteiger partial charge in [0, 0.05) is 24.7 Å². The van der Waals surface area contributed by atoms with Crippen molar-refractivity contribution >= 4 is 11.9 Å². The zero-order chi connectivity index (χ0) is 18.4. The molecule has 0 atom stereocenters. The molecule has 0 bridgehead atoms. The molecule has 1 amide bonds.